The number of ether oxygens (including phenoxy) is 2. The fourth-order valence-corrected chi connectivity index (χ4v) is 2.16. The molecule has 2 atom stereocenters. The van der Waals surface area contributed by atoms with Gasteiger partial charge >= 0.3 is 5.97 Å². The molecule has 1 saturated heterocycles. The largest absolute Gasteiger partial charge is 0.458 e. The van der Waals surface area contributed by atoms with Gasteiger partial charge in [-0.25, -0.2) is 4.79 Å². The van der Waals surface area contributed by atoms with Gasteiger partial charge in [-0.05, 0) is 12.1 Å². The Morgan fingerprint density at radius 1 is 1.50 bits per heavy atom. The number of aliphatic hydroxyl groups excluding tert-OH is 1. The van der Waals surface area contributed by atoms with Gasteiger partial charge in [-0.3, -0.25) is 0 Å². The van der Waals surface area contributed by atoms with E-state index in [0.717, 1.165) is 0 Å². The second-order valence-corrected chi connectivity index (χ2v) is 4.51. The summed E-state index contributed by atoms with van der Waals surface area (Å²) in [6.45, 7) is 0.162. The van der Waals surface area contributed by atoms with Crippen molar-refractivity contribution < 1.29 is 19.4 Å². The zero-order chi connectivity index (χ0) is 11.4. The second-order valence-electron chi connectivity index (χ2n) is 3.32. The third-order valence-electron chi connectivity index (χ3n) is 2.09. The number of thioether (sulfide) groups is 1. The minimum absolute atomic E-state index is 0.162. The Labute approximate surface area is 97.6 Å². The van der Waals surface area contributed by atoms with Crippen molar-refractivity contribution in [1.29, 1.82) is 0 Å². The van der Waals surface area contributed by atoms with E-state index in [-0.39, 0.29) is 18.0 Å². The Morgan fingerprint density at radius 3 is 2.88 bits per heavy atom. The SMILES string of the molecule is O=C(OC[C@H]1O[C@H](O)CS1)c1ccccc1. The summed E-state index contributed by atoms with van der Waals surface area (Å²) in [5.74, 6) is 0.152. The first-order chi connectivity index (χ1) is 7.75. The van der Waals surface area contributed by atoms with Crippen molar-refractivity contribution in [2.45, 2.75) is 11.7 Å². The monoisotopic (exact) mass is 240 g/mol. The highest BCUT2D eigenvalue weighted by molar-refractivity contribution is 8.00. The normalized spacial score (nSPS) is 24.3. The summed E-state index contributed by atoms with van der Waals surface area (Å²) < 4.78 is 10.2. The lowest BCUT2D eigenvalue weighted by Crippen LogP contribution is -2.18. The molecule has 1 aromatic carbocycles. The maximum absolute atomic E-state index is 11.5. The number of carbonyl (C=O) groups excluding carboxylic acids is 1. The highest BCUT2D eigenvalue weighted by Crippen LogP contribution is 2.23. The fourth-order valence-electron chi connectivity index (χ4n) is 1.33. The molecule has 2 rings (SSSR count). The summed E-state index contributed by atoms with van der Waals surface area (Å²) in [5.41, 5.74) is 0.258. The topological polar surface area (TPSA) is 55.8 Å². The summed E-state index contributed by atoms with van der Waals surface area (Å²) in [6, 6.07) is 8.78. The molecule has 0 bridgehead atoms. The van der Waals surface area contributed by atoms with Crippen molar-refractivity contribution in [2.24, 2.45) is 0 Å². The van der Waals surface area contributed by atoms with E-state index >= 15 is 0 Å². The van der Waals surface area contributed by atoms with Crippen molar-refractivity contribution in [3.05, 3.63) is 35.9 Å². The molecule has 5 heteroatoms. The molecule has 1 aromatic rings. The van der Waals surface area contributed by atoms with E-state index in [9.17, 15) is 4.79 Å². The Bertz CT molecular complexity index is 354. The minimum Gasteiger partial charge on any atom is -0.458 e. The van der Waals surface area contributed by atoms with Gasteiger partial charge in [0.2, 0.25) is 0 Å². The summed E-state index contributed by atoms with van der Waals surface area (Å²) in [6.07, 6.45) is -0.745. The zero-order valence-corrected chi connectivity index (χ0v) is 9.35. The highest BCUT2D eigenvalue weighted by atomic mass is 32.2. The van der Waals surface area contributed by atoms with Crippen molar-refractivity contribution >= 4 is 17.7 Å². The van der Waals surface area contributed by atoms with E-state index in [4.69, 9.17) is 14.6 Å². The standard InChI is InChI=1S/C11H12O4S/c12-9-7-16-10(15-9)6-14-11(13)8-4-2-1-3-5-8/h1-5,9-10,12H,6-7H2/t9-,10-/m0/s1. The third kappa shape index (κ3) is 2.98. The lowest BCUT2D eigenvalue weighted by molar-refractivity contribution is -0.0918. The Kier molecular flexibility index (Phi) is 3.82. The number of benzene rings is 1. The highest BCUT2D eigenvalue weighted by Gasteiger charge is 2.25. The summed E-state index contributed by atoms with van der Waals surface area (Å²) in [7, 11) is 0. The molecular formula is C11H12O4S. The number of rotatable bonds is 3. The van der Waals surface area contributed by atoms with Gasteiger partial charge in [-0.2, -0.15) is 0 Å². The predicted molar refractivity (Wildman–Crippen MR) is 60.1 cm³/mol. The molecule has 1 aliphatic rings. The van der Waals surface area contributed by atoms with Gasteiger partial charge in [-0.1, -0.05) is 18.2 Å². The molecule has 0 spiro atoms. The lowest BCUT2D eigenvalue weighted by atomic mass is 10.2. The number of aliphatic hydroxyl groups is 1. The van der Waals surface area contributed by atoms with E-state index in [1.165, 1.54) is 11.8 Å². The quantitative estimate of drug-likeness (QED) is 0.806. The van der Waals surface area contributed by atoms with Crippen LogP contribution in [0.5, 0.6) is 0 Å². The molecule has 16 heavy (non-hydrogen) atoms. The maximum atomic E-state index is 11.5. The van der Waals surface area contributed by atoms with Crippen molar-refractivity contribution in [3.63, 3.8) is 0 Å². The summed E-state index contributed by atoms with van der Waals surface area (Å²) >= 11 is 1.44. The molecule has 86 valence electrons. The maximum Gasteiger partial charge on any atom is 0.338 e. The first-order valence-electron chi connectivity index (χ1n) is 4.93. The van der Waals surface area contributed by atoms with Crippen LogP contribution in [0.3, 0.4) is 0 Å². The van der Waals surface area contributed by atoms with Crippen molar-refractivity contribution in [3.8, 4) is 0 Å². The van der Waals surface area contributed by atoms with Crippen molar-refractivity contribution in [1.82, 2.24) is 0 Å². The van der Waals surface area contributed by atoms with Gasteiger partial charge in [0.15, 0.2) is 6.29 Å². The van der Waals surface area contributed by atoms with Gasteiger partial charge in [0, 0.05) is 5.75 Å². The van der Waals surface area contributed by atoms with E-state index in [0.29, 0.717) is 11.3 Å². The second kappa shape index (κ2) is 5.34. The first kappa shape index (κ1) is 11.4. The first-order valence-corrected chi connectivity index (χ1v) is 5.98. The molecule has 1 heterocycles. The predicted octanol–water partition coefficient (Wildman–Crippen LogP) is 1.25. The molecule has 0 radical (unpaired) electrons. The average Bonchev–Trinajstić information content (AvgIpc) is 2.73. The third-order valence-corrected chi connectivity index (χ3v) is 3.19. The van der Waals surface area contributed by atoms with E-state index in [1.807, 2.05) is 6.07 Å². The van der Waals surface area contributed by atoms with E-state index in [2.05, 4.69) is 0 Å². The fraction of sp³-hybridized carbons (Fsp3) is 0.364. The number of hydrogen-bond donors (Lipinski definition) is 1. The van der Waals surface area contributed by atoms with Crippen LogP contribution in [0.15, 0.2) is 30.3 Å². The Morgan fingerprint density at radius 2 is 2.25 bits per heavy atom. The van der Waals surface area contributed by atoms with Gasteiger partial charge in [0.1, 0.15) is 12.0 Å². The number of hydrogen-bond acceptors (Lipinski definition) is 5. The molecule has 4 nitrogen and oxygen atoms in total. The molecule has 0 aromatic heterocycles. The van der Waals surface area contributed by atoms with Crippen LogP contribution in [0.4, 0.5) is 0 Å². The number of carbonyl (C=O) groups is 1. The Hall–Kier alpha value is -1.04. The van der Waals surface area contributed by atoms with Crippen LogP contribution >= 0.6 is 11.8 Å². The molecule has 0 aliphatic carbocycles. The molecule has 0 unspecified atom stereocenters. The van der Waals surface area contributed by atoms with Crippen LogP contribution in [0, 0.1) is 0 Å². The smallest absolute Gasteiger partial charge is 0.338 e. The average molecular weight is 240 g/mol. The van der Waals surface area contributed by atoms with Crippen LogP contribution in [0.1, 0.15) is 10.4 Å². The van der Waals surface area contributed by atoms with Crippen LogP contribution < -0.4 is 0 Å². The van der Waals surface area contributed by atoms with Crippen molar-refractivity contribution in [2.75, 3.05) is 12.4 Å². The lowest BCUT2D eigenvalue weighted by Gasteiger charge is -2.10. The molecule has 1 N–H and O–H groups in total. The van der Waals surface area contributed by atoms with E-state index < -0.39 is 6.29 Å². The molecule has 0 saturated carbocycles. The molecule has 0 amide bonds. The molecule has 1 fully saturated rings. The van der Waals surface area contributed by atoms with E-state index in [1.54, 1.807) is 24.3 Å². The summed E-state index contributed by atoms with van der Waals surface area (Å²) in [4.78, 5) is 11.5. The van der Waals surface area contributed by atoms with Gasteiger partial charge in [-0.15, -0.1) is 11.8 Å². The van der Waals surface area contributed by atoms with Crippen LogP contribution in [-0.2, 0) is 9.47 Å². The Balaban J connectivity index is 1.80. The zero-order valence-electron chi connectivity index (χ0n) is 8.54. The summed E-state index contributed by atoms with van der Waals surface area (Å²) in [5, 5.41) is 9.10. The van der Waals surface area contributed by atoms with Crippen LogP contribution in [-0.4, -0.2) is 35.2 Å². The minimum atomic E-state index is -0.745. The van der Waals surface area contributed by atoms with Gasteiger partial charge in [0.25, 0.3) is 0 Å². The molecule has 1 aliphatic heterocycles. The molecular weight excluding hydrogens is 228 g/mol. The van der Waals surface area contributed by atoms with Crippen LogP contribution in [0.2, 0.25) is 0 Å². The number of esters is 1. The van der Waals surface area contributed by atoms with Crippen LogP contribution in [0.25, 0.3) is 0 Å². The van der Waals surface area contributed by atoms with Gasteiger partial charge < -0.3 is 14.6 Å². The van der Waals surface area contributed by atoms with Gasteiger partial charge in [0.05, 0.1) is 5.56 Å².